The normalized spacial score (nSPS) is 14.2. The molecule has 0 bridgehead atoms. The van der Waals surface area contributed by atoms with E-state index in [4.69, 9.17) is 0 Å². The highest BCUT2D eigenvalue weighted by Gasteiger charge is 2.21. The summed E-state index contributed by atoms with van der Waals surface area (Å²) in [5.74, 6) is 0.362. The number of nitrogens with one attached hydrogen (secondary N) is 2. The zero-order chi connectivity index (χ0) is 18.5. The van der Waals surface area contributed by atoms with E-state index in [-0.39, 0.29) is 5.56 Å². The second-order valence-electron chi connectivity index (χ2n) is 6.44. The van der Waals surface area contributed by atoms with Gasteiger partial charge < -0.3 is 0 Å². The number of H-pyrrole nitrogens is 1. The number of anilines is 1. The van der Waals surface area contributed by atoms with Crippen molar-refractivity contribution in [2.45, 2.75) is 19.5 Å². The largest absolute Gasteiger partial charge is 0.294 e. The Balaban J connectivity index is 1.45. The van der Waals surface area contributed by atoms with Gasteiger partial charge in [-0.05, 0) is 23.3 Å². The molecule has 0 fully saturated rings. The molecule has 7 nitrogen and oxygen atoms in total. The van der Waals surface area contributed by atoms with Gasteiger partial charge in [-0.25, -0.2) is 10.4 Å². The number of aromatic amines is 1. The van der Waals surface area contributed by atoms with E-state index in [2.05, 4.69) is 42.5 Å². The van der Waals surface area contributed by atoms with Crippen molar-refractivity contribution in [1.29, 1.82) is 0 Å². The molecule has 27 heavy (non-hydrogen) atoms. The van der Waals surface area contributed by atoms with Crippen molar-refractivity contribution in [2.24, 2.45) is 5.10 Å². The maximum Gasteiger partial charge on any atom is 0.257 e. The van der Waals surface area contributed by atoms with Gasteiger partial charge in [0.2, 0.25) is 5.95 Å². The van der Waals surface area contributed by atoms with Crippen LogP contribution in [0.1, 0.15) is 22.4 Å². The molecule has 3 aromatic rings. The molecule has 7 heteroatoms. The SMILES string of the molecule is O=c1[nH]c(N/N=C\c2ccncc2)nc2c1CN(Cc1ccccc1)CC2. The summed E-state index contributed by atoms with van der Waals surface area (Å²) in [6.07, 6.45) is 5.79. The predicted molar refractivity (Wildman–Crippen MR) is 105 cm³/mol. The molecule has 3 heterocycles. The lowest BCUT2D eigenvalue weighted by atomic mass is 10.1. The van der Waals surface area contributed by atoms with Gasteiger partial charge in [0, 0.05) is 38.4 Å². The first kappa shape index (κ1) is 17.1. The maximum atomic E-state index is 12.5. The minimum Gasteiger partial charge on any atom is -0.294 e. The molecule has 0 saturated heterocycles. The Bertz CT molecular complexity index is 984. The van der Waals surface area contributed by atoms with Crippen LogP contribution in [0.5, 0.6) is 0 Å². The van der Waals surface area contributed by atoms with Crippen molar-refractivity contribution >= 4 is 12.2 Å². The monoisotopic (exact) mass is 360 g/mol. The lowest BCUT2D eigenvalue weighted by molar-refractivity contribution is 0.242. The zero-order valence-corrected chi connectivity index (χ0v) is 14.8. The average Bonchev–Trinajstić information content (AvgIpc) is 2.70. The van der Waals surface area contributed by atoms with E-state index in [1.54, 1.807) is 18.6 Å². The van der Waals surface area contributed by atoms with Crippen LogP contribution in [0.3, 0.4) is 0 Å². The third kappa shape index (κ3) is 4.27. The van der Waals surface area contributed by atoms with Crippen molar-refractivity contribution in [2.75, 3.05) is 12.0 Å². The number of hydrogen-bond acceptors (Lipinski definition) is 6. The Kier molecular flexibility index (Phi) is 5.02. The average molecular weight is 360 g/mol. The summed E-state index contributed by atoms with van der Waals surface area (Å²) < 4.78 is 0. The first-order valence-corrected chi connectivity index (χ1v) is 8.85. The van der Waals surface area contributed by atoms with Crippen LogP contribution in [0.2, 0.25) is 0 Å². The Morgan fingerprint density at radius 2 is 2.00 bits per heavy atom. The summed E-state index contributed by atoms with van der Waals surface area (Å²) in [5.41, 5.74) is 6.42. The van der Waals surface area contributed by atoms with Crippen LogP contribution < -0.4 is 11.0 Å². The number of benzene rings is 1. The van der Waals surface area contributed by atoms with Gasteiger partial charge in [-0.3, -0.25) is 19.7 Å². The number of fused-ring (bicyclic) bond motifs is 1. The van der Waals surface area contributed by atoms with Gasteiger partial charge in [0.25, 0.3) is 5.56 Å². The molecule has 0 aliphatic carbocycles. The summed E-state index contributed by atoms with van der Waals surface area (Å²) in [5, 5.41) is 4.13. The van der Waals surface area contributed by atoms with Crippen molar-refractivity contribution in [3.8, 4) is 0 Å². The molecule has 0 atom stereocenters. The van der Waals surface area contributed by atoms with Crippen LogP contribution in [0.4, 0.5) is 5.95 Å². The van der Waals surface area contributed by atoms with Gasteiger partial charge >= 0.3 is 0 Å². The number of hydrazone groups is 1. The van der Waals surface area contributed by atoms with E-state index in [0.29, 0.717) is 12.5 Å². The molecular weight excluding hydrogens is 340 g/mol. The summed E-state index contributed by atoms with van der Waals surface area (Å²) >= 11 is 0. The zero-order valence-electron chi connectivity index (χ0n) is 14.8. The number of nitrogens with zero attached hydrogens (tertiary/aromatic N) is 4. The van der Waals surface area contributed by atoms with Crippen LogP contribution in [-0.4, -0.2) is 32.6 Å². The van der Waals surface area contributed by atoms with Gasteiger partial charge in [-0.2, -0.15) is 5.10 Å². The number of pyridine rings is 1. The quantitative estimate of drug-likeness (QED) is 0.538. The molecule has 0 amide bonds. The maximum absolute atomic E-state index is 12.5. The molecule has 2 aromatic heterocycles. The van der Waals surface area contributed by atoms with Crippen LogP contribution >= 0.6 is 0 Å². The van der Waals surface area contributed by atoms with E-state index < -0.39 is 0 Å². The van der Waals surface area contributed by atoms with Gasteiger partial charge in [0.05, 0.1) is 17.5 Å². The Morgan fingerprint density at radius 3 is 2.81 bits per heavy atom. The summed E-state index contributed by atoms with van der Waals surface area (Å²) in [6, 6.07) is 14.0. The molecule has 136 valence electrons. The van der Waals surface area contributed by atoms with Crippen LogP contribution in [0, 0.1) is 0 Å². The molecule has 1 aliphatic rings. The second-order valence-corrected chi connectivity index (χ2v) is 6.44. The second kappa shape index (κ2) is 7.92. The molecule has 4 rings (SSSR count). The summed E-state index contributed by atoms with van der Waals surface area (Å²) in [4.78, 5) is 26.0. The third-order valence-electron chi connectivity index (χ3n) is 4.49. The molecule has 0 saturated carbocycles. The summed E-state index contributed by atoms with van der Waals surface area (Å²) in [7, 11) is 0. The minimum absolute atomic E-state index is 0.112. The molecule has 0 radical (unpaired) electrons. The number of rotatable bonds is 5. The highest BCUT2D eigenvalue weighted by Crippen LogP contribution is 2.17. The van der Waals surface area contributed by atoms with E-state index in [9.17, 15) is 4.79 Å². The molecule has 0 unspecified atom stereocenters. The van der Waals surface area contributed by atoms with E-state index >= 15 is 0 Å². The molecular formula is C20H20N6O. The molecule has 1 aliphatic heterocycles. The van der Waals surface area contributed by atoms with Crippen molar-refractivity contribution < 1.29 is 0 Å². The van der Waals surface area contributed by atoms with Gasteiger partial charge in [0.15, 0.2) is 0 Å². The minimum atomic E-state index is -0.112. The lowest BCUT2D eigenvalue weighted by Crippen LogP contribution is -2.35. The smallest absolute Gasteiger partial charge is 0.257 e. The van der Waals surface area contributed by atoms with Crippen molar-refractivity contribution in [3.05, 3.63) is 87.6 Å². The van der Waals surface area contributed by atoms with Crippen LogP contribution in [0.25, 0.3) is 0 Å². The highest BCUT2D eigenvalue weighted by molar-refractivity contribution is 5.79. The first-order chi connectivity index (χ1) is 13.3. The first-order valence-electron chi connectivity index (χ1n) is 8.85. The molecule has 1 aromatic carbocycles. The highest BCUT2D eigenvalue weighted by atomic mass is 16.1. The van der Waals surface area contributed by atoms with Gasteiger partial charge in [-0.15, -0.1) is 0 Å². The third-order valence-corrected chi connectivity index (χ3v) is 4.49. The fraction of sp³-hybridized carbons (Fsp3) is 0.200. The number of hydrogen-bond donors (Lipinski definition) is 2. The summed E-state index contributed by atoms with van der Waals surface area (Å²) in [6.45, 7) is 2.31. The number of aromatic nitrogens is 3. The van der Waals surface area contributed by atoms with E-state index in [0.717, 1.165) is 36.3 Å². The van der Waals surface area contributed by atoms with Crippen molar-refractivity contribution in [3.63, 3.8) is 0 Å². The molecule has 0 spiro atoms. The fourth-order valence-corrected chi connectivity index (χ4v) is 3.13. The van der Waals surface area contributed by atoms with Crippen LogP contribution in [0.15, 0.2) is 64.8 Å². The van der Waals surface area contributed by atoms with Gasteiger partial charge in [0.1, 0.15) is 0 Å². The topological polar surface area (TPSA) is 86.3 Å². The van der Waals surface area contributed by atoms with Gasteiger partial charge in [-0.1, -0.05) is 30.3 Å². The van der Waals surface area contributed by atoms with E-state index in [1.807, 2.05) is 30.3 Å². The van der Waals surface area contributed by atoms with Crippen molar-refractivity contribution in [1.82, 2.24) is 19.9 Å². The molecule has 2 N–H and O–H groups in total. The fourth-order valence-electron chi connectivity index (χ4n) is 3.13. The predicted octanol–water partition coefficient (Wildman–Crippen LogP) is 2.17. The standard InChI is InChI=1S/C20H20N6O/c27-19-17-14-26(13-16-4-2-1-3-5-16)11-8-18(17)23-20(24-19)25-22-12-15-6-9-21-10-7-15/h1-7,9-10,12H,8,11,13-14H2,(H2,23,24,25,27)/b22-12-. The Labute approximate surface area is 156 Å². The lowest BCUT2D eigenvalue weighted by Gasteiger charge is -2.27. The Hall–Kier alpha value is -3.32. The Morgan fingerprint density at radius 1 is 1.19 bits per heavy atom. The van der Waals surface area contributed by atoms with E-state index in [1.165, 1.54) is 5.56 Å². The van der Waals surface area contributed by atoms with Crippen LogP contribution in [-0.2, 0) is 19.5 Å².